The molecule has 0 amide bonds. The van der Waals surface area contributed by atoms with Crippen molar-refractivity contribution in [2.24, 2.45) is 11.8 Å². The van der Waals surface area contributed by atoms with Gasteiger partial charge in [-0.15, -0.1) is 11.3 Å². The summed E-state index contributed by atoms with van der Waals surface area (Å²) >= 11 is 1.71. The summed E-state index contributed by atoms with van der Waals surface area (Å²) in [5, 5.41) is 9.70. The summed E-state index contributed by atoms with van der Waals surface area (Å²) in [6.45, 7) is 0. The van der Waals surface area contributed by atoms with Gasteiger partial charge in [0.1, 0.15) is 5.82 Å². The highest BCUT2D eigenvalue weighted by Gasteiger charge is 2.34. The number of aromatic amines is 1. The summed E-state index contributed by atoms with van der Waals surface area (Å²) in [5.74, 6) is 4.55. The highest BCUT2D eigenvalue weighted by molar-refractivity contribution is 7.13. The van der Waals surface area contributed by atoms with Crippen molar-refractivity contribution < 1.29 is 0 Å². The van der Waals surface area contributed by atoms with Gasteiger partial charge >= 0.3 is 0 Å². The monoisotopic (exact) mass is 287 g/mol. The molecule has 0 spiro atoms. The van der Waals surface area contributed by atoms with Crippen LogP contribution in [0.3, 0.4) is 0 Å². The smallest absolute Gasteiger partial charge is 0.191 e. The third kappa shape index (κ3) is 2.30. The van der Waals surface area contributed by atoms with E-state index in [1.807, 2.05) is 0 Å². The number of hydrogen-bond donors (Lipinski definition) is 1. The van der Waals surface area contributed by atoms with E-state index in [1.54, 1.807) is 11.3 Å². The van der Waals surface area contributed by atoms with Crippen LogP contribution in [0.2, 0.25) is 0 Å². The molecule has 3 atom stereocenters. The van der Waals surface area contributed by atoms with Crippen molar-refractivity contribution in [3.8, 4) is 10.7 Å². The van der Waals surface area contributed by atoms with Gasteiger partial charge in [-0.1, -0.05) is 31.7 Å². The predicted octanol–water partition coefficient (Wildman–Crippen LogP) is 4.61. The van der Waals surface area contributed by atoms with Crippen LogP contribution in [0.1, 0.15) is 56.7 Å². The average Bonchev–Trinajstić information content (AvgIpc) is 3.17. The van der Waals surface area contributed by atoms with Crippen LogP contribution in [0.15, 0.2) is 17.5 Å². The zero-order valence-electron chi connectivity index (χ0n) is 11.7. The lowest BCUT2D eigenvalue weighted by atomic mass is 9.67. The highest BCUT2D eigenvalue weighted by Crippen LogP contribution is 2.45. The van der Waals surface area contributed by atoms with Gasteiger partial charge in [0.05, 0.1) is 4.88 Å². The molecule has 20 heavy (non-hydrogen) atoms. The van der Waals surface area contributed by atoms with Gasteiger partial charge in [0.15, 0.2) is 5.82 Å². The van der Waals surface area contributed by atoms with E-state index < -0.39 is 0 Å². The molecule has 2 fully saturated rings. The van der Waals surface area contributed by atoms with Crippen molar-refractivity contribution in [1.82, 2.24) is 15.2 Å². The molecule has 2 heterocycles. The Kier molecular flexibility index (Phi) is 3.34. The third-order valence-electron chi connectivity index (χ3n) is 5.17. The number of H-pyrrole nitrogens is 1. The van der Waals surface area contributed by atoms with E-state index in [0.717, 1.165) is 23.5 Å². The van der Waals surface area contributed by atoms with Gasteiger partial charge in [-0.3, -0.25) is 5.10 Å². The number of aromatic nitrogens is 3. The van der Waals surface area contributed by atoms with E-state index in [2.05, 4.69) is 27.7 Å². The van der Waals surface area contributed by atoms with Crippen molar-refractivity contribution in [2.45, 2.75) is 50.9 Å². The van der Waals surface area contributed by atoms with E-state index in [-0.39, 0.29) is 0 Å². The first-order valence-electron chi connectivity index (χ1n) is 7.86. The van der Waals surface area contributed by atoms with Crippen LogP contribution >= 0.6 is 11.3 Å². The van der Waals surface area contributed by atoms with Crippen LogP contribution in [-0.4, -0.2) is 15.2 Å². The Morgan fingerprint density at radius 1 is 1.10 bits per heavy atom. The largest absolute Gasteiger partial charge is 0.262 e. The second-order valence-corrected chi connectivity index (χ2v) is 7.28. The molecule has 0 aromatic carbocycles. The van der Waals surface area contributed by atoms with Gasteiger partial charge in [-0.25, -0.2) is 4.98 Å². The van der Waals surface area contributed by atoms with Gasteiger partial charge in [0, 0.05) is 5.92 Å². The molecule has 0 bridgehead atoms. The Balaban J connectivity index is 1.50. The minimum Gasteiger partial charge on any atom is -0.262 e. The molecule has 2 aliphatic rings. The van der Waals surface area contributed by atoms with Gasteiger partial charge in [0.2, 0.25) is 0 Å². The molecule has 2 aromatic heterocycles. The van der Waals surface area contributed by atoms with Crippen molar-refractivity contribution in [3.63, 3.8) is 0 Å². The Labute approximate surface area is 123 Å². The lowest BCUT2D eigenvalue weighted by molar-refractivity contribution is 0.153. The molecule has 4 rings (SSSR count). The molecule has 2 aliphatic carbocycles. The molecule has 3 nitrogen and oxygen atoms in total. The normalized spacial score (nSPS) is 30.1. The quantitative estimate of drug-likeness (QED) is 0.876. The van der Waals surface area contributed by atoms with Crippen molar-refractivity contribution in [2.75, 3.05) is 0 Å². The third-order valence-corrected chi connectivity index (χ3v) is 6.04. The lowest BCUT2D eigenvalue weighted by Crippen LogP contribution is -2.27. The fourth-order valence-corrected chi connectivity index (χ4v) is 4.75. The number of thiophene rings is 1. The van der Waals surface area contributed by atoms with Gasteiger partial charge in [-0.05, 0) is 42.5 Å². The molecule has 4 heteroatoms. The molecule has 0 radical (unpaired) electrons. The summed E-state index contributed by atoms with van der Waals surface area (Å²) in [5.41, 5.74) is 0. The second-order valence-electron chi connectivity index (χ2n) is 6.34. The summed E-state index contributed by atoms with van der Waals surface area (Å²) in [6, 6.07) is 4.15. The average molecular weight is 287 g/mol. The van der Waals surface area contributed by atoms with Crippen LogP contribution in [0.5, 0.6) is 0 Å². The number of fused-ring (bicyclic) bond motifs is 1. The first-order valence-corrected chi connectivity index (χ1v) is 8.74. The predicted molar refractivity (Wildman–Crippen MR) is 81.7 cm³/mol. The van der Waals surface area contributed by atoms with E-state index in [9.17, 15) is 0 Å². The SMILES string of the molecule is c1csc(-c2n[nH]c(C3CCC4CCCCC4C3)n2)c1. The van der Waals surface area contributed by atoms with E-state index in [0.29, 0.717) is 5.92 Å². The standard InChI is InChI=1S/C16H21N3S/c1-2-5-12-10-13(8-7-11(12)4-1)15-17-16(19-18-15)14-6-3-9-20-14/h3,6,9,11-13H,1-2,4-5,7-8,10H2,(H,17,18,19). The summed E-state index contributed by atoms with van der Waals surface area (Å²) in [4.78, 5) is 5.92. The van der Waals surface area contributed by atoms with E-state index >= 15 is 0 Å². The van der Waals surface area contributed by atoms with Gasteiger partial charge in [-0.2, -0.15) is 5.10 Å². The minimum absolute atomic E-state index is 0.607. The fourth-order valence-electron chi connectivity index (χ4n) is 4.09. The maximum absolute atomic E-state index is 4.76. The molecule has 0 saturated heterocycles. The highest BCUT2D eigenvalue weighted by atomic mass is 32.1. The molecule has 2 aromatic rings. The van der Waals surface area contributed by atoms with Crippen LogP contribution in [-0.2, 0) is 0 Å². The molecule has 3 unspecified atom stereocenters. The summed E-state index contributed by atoms with van der Waals surface area (Å²) < 4.78 is 0. The zero-order valence-corrected chi connectivity index (χ0v) is 12.5. The van der Waals surface area contributed by atoms with Crippen LogP contribution in [0.25, 0.3) is 10.7 Å². The number of rotatable bonds is 2. The molecule has 1 N–H and O–H groups in total. The van der Waals surface area contributed by atoms with Crippen molar-refractivity contribution in [1.29, 1.82) is 0 Å². The Morgan fingerprint density at radius 2 is 2.00 bits per heavy atom. The number of nitrogens with one attached hydrogen (secondary N) is 1. The summed E-state index contributed by atoms with van der Waals surface area (Å²) in [6.07, 6.45) is 9.80. The molecule has 2 saturated carbocycles. The Morgan fingerprint density at radius 3 is 2.85 bits per heavy atom. The maximum Gasteiger partial charge on any atom is 0.191 e. The molecule has 106 valence electrons. The number of hydrogen-bond acceptors (Lipinski definition) is 3. The number of nitrogens with zero attached hydrogens (tertiary/aromatic N) is 2. The van der Waals surface area contributed by atoms with Crippen LogP contribution < -0.4 is 0 Å². The maximum atomic E-state index is 4.76. The minimum atomic E-state index is 0.607. The molecule has 0 aliphatic heterocycles. The van der Waals surface area contributed by atoms with E-state index in [1.165, 1.54) is 49.8 Å². The van der Waals surface area contributed by atoms with Crippen LogP contribution in [0.4, 0.5) is 0 Å². The van der Waals surface area contributed by atoms with Crippen molar-refractivity contribution >= 4 is 11.3 Å². The Hall–Kier alpha value is -1.16. The van der Waals surface area contributed by atoms with Crippen molar-refractivity contribution in [3.05, 3.63) is 23.3 Å². The molecular weight excluding hydrogens is 266 g/mol. The zero-order chi connectivity index (χ0) is 13.4. The van der Waals surface area contributed by atoms with Gasteiger partial charge < -0.3 is 0 Å². The van der Waals surface area contributed by atoms with Crippen LogP contribution in [0, 0.1) is 11.8 Å². The second kappa shape index (κ2) is 5.32. The lowest BCUT2D eigenvalue weighted by Gasteiger charge is -2.38. The first kappa shape index (κ1) is 12.6. The van der Waals surface area contributed by atoms with Gasteiger partial charge in [0.25, 0.3) is 0 Å². The first-order chi connectivity index (χ1) is 9.90. The van der Waals surface area contributed by atoms with E-state index in [4.69, 9.17) is 4.98 Å². The fraction of sp³-hybridized carbons (Fsp3) is 0.625. The topological polar surface area (TPSA) is 41.6 Å². The summed E-state index contributed by atoms with van der Waals surface area (Å²) in [7, 11) is 0. The molecular formula is C16H21N3S. The Bertz CT molecular complexity index is 560.